The average Bonchev–Trinajstić information content (AvgIpc) is 2.76. The van der Waals surface area contributed by atoms with Crippen LogP contribution in [0.5, 0.6) is 0 Å². The van der Waals surface area contributed by atoms with E-state index in [2.05, 4.69) is 26.8 Å². The van der Waals surface area contributed by atoms with Crippen LogP contribution in [-0.4, -0.2) is 0 Å². The van der Waals surface area contributed by atoms with Gasteiger partial charge in [0.15, 0.2) is 0 Å². The molecule has 0 aromatic carbocycles. The van der Waals surface area contributed by atoms with E-state index in [4.69, 9.17) is 0 Å². The van der Waals surface area contributed by atoms with E-state index >= 15 is 0 Å². The quantitative estimate of drug-likeness (QED) is 0.102. The van der Waals surface area contributed by atoms with Gasteiger partial charge in [0.25, 0.3) is 0 Å². The molecule has 0 aromatic rings. The van der Waals surface area contributed by atoms with Gasteiger partial charge in [0.05, 0.1) is 0 Å². The van der Waals surface area contributed by atoms with Crippen LogP contribution in [0.1, 0.15) is 181 Å². The van der Waals surface area contributed by atoms with Crippen molar-refractivity contribution in [3.63, 3.8) is 0 Å². The number of allylic oxidation sites excluding steroid dienone is 2. The minimum absolute atomic E-state index is 1.37. The van der Waals surface area contributed by atoms with Crippen molar-refractivity contribution in [2.24, 2.45) is 0 Å². The van der Waals surface area contributed by atoms with E-state index in [0.717, 1.165) is 0 Å². The Labute approximate surface area is 193 Å². The fourth-order valence-electron chi connectivity index (χ4n) is 4.62. The van der Waals surface area contributed by atoms with E-state index in [-0.39, 0.29) is 0 Å². The topological polar surface area (TPSA) is 0 Å². The zero-order valence-electron chi connectivity index (χ0n) is 21.8. The Morgan fingerprint density at radius 1 is 0.367 bits per heavy atom. The van der Waals surface area contributed by atoms with Crippen LogP contribution in [0.2, 0.25) is 0 Å². The second kappa shape index (κ2) is 26.8. The summed E-state index contributed by atoms with van der Waals surface area (Å²) in [6, 6.07) is 0. The maximum Gasteiger partial charge on any atom is -0.0320 e. The molecule has 0 rings (SSSR count). The third-order valence-corrected chi connectivity index (χ3v) is 6.86. The lowest BCUT2D eigenvalue weighted by atomic mass is 9.99. The summed E-state index contributed by atoms with van der Waals surface area (Å²) < 4.78 is 0. The molecule has 0 heteroatoms. The smallest absolute Gasteiger partial charge is 0.0320 e. The standard InChI is InChI=1S/C30H60/c1-4-7-9-11-13-15-17-18-19-21-23-25-27-29-30(6-3)28-26-24-22-20-16-14-12-10-8-5-2/h6H,4-5,7-29H2,1-3H3. The van der Waals surface area contributed by atoms with Crippen molar-refractivity contribution in [3.8, 4) is 0 Å². The van der Waals surface area contributed by atoms with Gasteiger partial charge >= 0.3 is 0 Å². The first kappa shape index (κ1) is 29.7. The van der Waals surface area contributed by atoms with Gasteiger partial charge in [0.2, 0.25) is 0 Å². The molecule has 0 aliphatic heterocycles. The zero-order chi connectivity index (χ0) is 22.0. The molecule has 0 spiro atoms. The van der Waals surface area contributed by atoms with Gasteiger partial charge in [-0.1, -0.05) is 160 Å². The Morgan fingerprint density at radius 2 is 0.600 bits per heavy atom. The Bertz CT molecular complexity index is 327. The van der Waals surface area contributed by atoms with E-state index in [0.29, 0.717) is 0 Å². The van der Waals surface area contributed by atoms with Crippen LogP contribution in [0.25, 0.3) is 0 Å². The van der Waals surface area contributed by atoms with Crippen LogP contribution < -0.4 is 0 Å². The minimum Gasteiger partial charge on any atom is -0.0885 e. The van der Waals surface area contributed by atoms with Crippen LogP contribution >= 0.6 is 0 Å². The number of hydrogen-bond donors (Lipinski definition) is 0. The molecule has 0 bridgehead atoms. The van der Waals surface area contributed by atoms with Crippen LogP contribution in [0, 0.1) is 0 Å². The lowest BCUT2D eigenvalue weighted by molar-refractivity contribution is 0.536. The molecule has 30 heavy (non-hydrogen) atoms. The predicted octanol–water partition coefficient (Wildman–Crippen LogP) is 11.7. The fraction of sp³-hybridized carbons (Fsp3) is 0.933. The van der Waals surface area contributed by atoms with Crippen LogP contribution in [0.4, 0.5) is 0 Å². The molecule has 0 fully saturated rings. The van der Waals surface area contributed by atoms with Crippen molar-refractivity contribution < 1.29 is 0 Å². The third-order valence-electron chi connectivity index (χ3n) is 6.86. The first-order chi connectivity index (χ1) is 14.8. The summed E-state index contributed by atoms with van der Waals surface area (Å²) >= 11 is 0. The maximum absolute atomic E-state index is 2.41. The minimum atomic E-state index is 1.37. The Kier molecular flexibility index (Phi) is 26.5. The molecule has 180 valence electrons. The first-order valence-corrected chi connectivity index (χ1v) is 14.5. The molecule has 0 heterocycles. The van der Waals surface area contributed by atoms with Gasteiger partial charge in [0.1, 0.15) is 0 Å². The van der Waals surface area contributed by atoms with E-state index in [1.165, 1.54) is 161 Å². The van der Waals surface area contributed by atoms with Gasteiger partial charge < -0.3 is 0 Å². The zero-order valence-corrected chi connectivity index (χ0v) is 21.8. The van der Waals surface area contributed by atoms with Gasteiger partial charge in [-0.15, -0.1) is 0 Å². The Balaban J connectivity index is 3.29. The van der Waals surface area contributed by atoms with Gasteiger partial charge in [-0.3, -0.25) is 0 Å². The molecule has 0 unspecified atom stereocenters. The molecule has 0 N–H and O–H groups in total. The van der Waals surface area contributed by atoms with Crippen molar-refractivity contribution >= 4 is 0 Å². The molecule has 0 amide bonds. The maximum atomic E-state index is 2.41. The summed E-state index contributed by atoms with van der Waals surface area (Å²) in [5.41, 5.74) is 1.73. The lowest BCUT2D eigenvalue weighted by Crippen LogP contribution is -1.88. The SMILES string of the molecule is CC=C(CCCCCCCCCCCC)CCCCCCCCCCCCCCC. The average molecular weight is 421 g/mol. The van der Waals surface area contributed by atoms with Crippen LogP contribution in [0.3, 0.4) is 0 Å². The van der Waals surface area contributed by atoms with Crippen molar-refractivity contribution in [3.05, 3.63) is 11.6 Å². The summed E-state index contributed by atoms with van der Waals surface area (Å²) in [4.78, 5) is 0. The molecule has 0 aliphatic carbocycles. The van der Waals surface area contributed by atoms with Crippen molar-refractivity contribution in [2.45, 2.75) is 181 Å². The molecule has 0 nitrogen and oxygen atoms in total. The summed E-state index contributed by atoms with van der Waals surface area (Å²) in [5, 5.41) is 0. The van der Waals surface area contributed by atoms with Gasteiger partial charge in [0, 0.05) is 0 Å². The second-order valence-corrected chi connectivity index (χ2v) is 9.87. The van der Waals surface area contributed by atoms with Crippen LogP contribution in [-0.2, 0) is 0 Å². The molecular weight excluding hydrogens is 360 g/mol. The van der Waals surface area contributed by atoms with E-state index in [1.54, 1.807) is 5.57 Å². The molecular formula is C30H60. The molecule has 0 aromatic heterocycles. The third kappa shape index (κ3) is 24.0. The highest BCUT2D eigenvalue weighted by molar-refractivity contribution is 4.99. The van der Waals surface area contributed by atoms with E-state index < -0.39 is 0 Å². The summed E-state index contributed by atoms with van der Waals surface area (Å²) in [5.74, 6) is 0. The first-order valence-electron chi connectivity index (χ1n) is 14.5. The molecule has 0 saturated heterocycles. The van der Waals surface area contributed by atoms with E-state index in [9.17, 15) is 0 Å². The molecule has 0 aliphatic rings. The van der Waals surface area contributed by atoms with Crippen molar-refractivity contribution in [1.29, 1.82) is 0 Å². The Hall–Kier alpha value is -0.260. The summed E-state index contributed by atoms with van der Waals surface area (Å²) in [6.45, 7) is 6.86. The van der Waals surface area contributed by atoms with Gasteiger partial charge in [-0.2, -0.15) is 0 Å². The number of rotatable bonds is 25. The summed E-state index contributed by atoms with van der Waals surface area (Å²) in [6.07, 6.45) is 38.6. The number of unbranched alkanes of at least 4 members (excludes halogenated alkanes) is 21. The monoisotopic (exact) mass is 420 g/mol. The molecule has 0 atom stereocenters. The highest BCUT2D eigenvalue weighted by atomic mass is 14.1. The molecule has 0 radical (unpaired) electrons. The van der Waals surface area contributed by atoms with E-state index in [1.807, 2.05) is 0 Å². The van der Waals surface area contributed by atoms with Crippen molar-refractivity contribution in [1.82, 2.24) is 0 Å². The van der Waals surface area contributed by atoms with Crippen LogP contribution in [0.15, 0.2) is 11.6 Å². The highest BCUT2D eigenvalue weighted by Gasteiger charge is 1.99. The summed E-state index contributed by atoms with van der Waals surface area (Å²) in [7, 11) is 0. The number of hydrogen-bond acceptors (Lipinski definition) is 0. The molecule has 0 saturated carbocycles. The lowest BCUT2D eigenvalue weighted by Gasteiger charge is -2.08. The van der Waals surface area contributed by atoms with Gasteiger partial charge in [-0.05, 0) is 32.6 Å². The Morgan fingerprint density at radius 3 is 0.833 bits per heavy atom. The second-order valence-electron chi connectivity index (χ2n) is 9.87. The highest BCUT2D eigenvalue weighted by Crippen LogP contribution is 2.19. The fourth-order valence-corrected chi connectivity index (χ4v) is 4.62. The van der Waals surface area contributed by atoms with Gasteiger partial charge in [-0.25, -0.2) is 0 Å². The van der Waals surface area contributed by atoms with Crippen molar-refractivity contribution in [2.75, 3.05) is 0 Å². The largest absolute Gasteiger partial charge is 0.0885 e. The predicted molar refractivity (Wildman–Crippen MR) is 141 cm³/mol. The normalized spacial score (nSPS) is 12.0.